The van der Waals surface area contributed by atoms with Crippen LogP contribution in [0.15, 0.2) is 22.9 Å². The second kappa shape index (κ2) is 3.96. The average molecular weight is 258 g/mol. The zero-order chi connectivity index (χ0) is 10.0. The molecule has 1 unspecified atom stereocenters. The lowest BCUT2D eigenvalue weighted by Crippen LogP contribution is -2.28. The third-order valence-corrected chi connectivity index (χ3v) is 3.04. The lowest BCUT2D eigenvalue weighted by Gasteiger charge is -2.25. The van der Waals surface area contributed by atoms with Gasteiger partial charge >= 0.3 is 0 Å². The summed E-state index contributed by atoms with van der Waals surface area (Å²) in [5.74, 6) is 0. The molecule has 0 aromatic carbocycles. The van der Waals surface area contributed by atoms with Gasteiger partial charge < -0.3 is 9.47 Å². The number of pyridine rings is 1. The molecule has 1 aromatic rings. The van der Waals surface area contributed by atoms with E-state index in [9.17, 15) is 0 Å². The third-order valence-electron chi connectivity index (χ3n) is 2.61. The second-order valence-electron chi connectivity index (χ2n) is 3.39. The van der Waals surface area contributed by atoms with Crippen LogP contribution in [0.1, 0.15) is 12.0 Å². The summed E-state index contributed by atoms with van der Waals surface area (Å²) in [6.07, 6.45) is 4.49. The van der Waals surface area contributed by atoms with Gasteiger partial charge in [-0.05, 0) is 22.0 Å². The van der Waals surface area contributed by atoms with Crippen LogP contribution in [0.5, 0.6) is 0 Å². The summed E-state index contributed by atoms with van der Waals surface area (Å²) in [6.45, 7) is 1.36. The van der Waals surface area contributed by atoms with Crippen molar-refractivity contribution in [3.8, 4) is 0 Å². The van der Waals surface area contributed by atoms with Gasteiger partial charge in [0.15, 0.2) is 0 Å². The minimum absolute atomic E-state index is 0.295. The van der Waals surface area contributed by atoms with E-state index in [2.05, 4.69) is 20.9 Å². The molecule has 4 heteroatoms. The van der Waals surface area contributed by atoms with Crippen molar-refractivity contribution in [2.45, 2.75) is 12.0 Å². The number of rotatable bonds is 2. The van der Waals surface area contributed by atoms with Crippen molar-refractivity contribution in [1.82, 2.24) is 4.98 Å². The van der Waals surface area contributed by atoms with E-state index in [1.54, 1.807) is 13.3 Å². The summed E-state index contributed by atoms with van der Waals surface area (Å²) in [6, 6.07) is 2.03. The Hall–Kier alpha value is -0.450. The van der Waals surface area contributed by atoms with Crippen molar-refractivity contribution in [3.63, 3.8) is 0 Å². The van der Waals surface area contributed by atoms with E-state index < -0.39 is 0 Å². The molecule has 0 aliphatic carbocycles. The lowest BCUT2D eigenvalue weighted by atomic mass is 9.94. The average Bonchev–Trinajstić information content (AvgIpc) is 2.67. The van der Waals surface area contributed by atoms with Crippen LogP contribution in [-0.4, -0.2) is 25.3 Å². The standard InChI is InChI=1S/C10H12BrNO2/c1-13-10(2-3-14-7-10)8-4-9(11)6-12-5-8/h4-6H,2-3,7H2,1H3. The van der Waals surface area contributed by atoms with E-state index in [0.29, 0.717) is 6.61 Å². The fraction of sp³-hybridized carbons (Fsp3) is 0.500. The first-order valence-corrected chi connectivity index (χ1v) is 5.30. The quantitative estimate of drug-likeness (QED) is 0.814. The molecule has 2 heterocycles. The van der Waals surface area contributed by atoms with Crippen LogP contribution >= 0.6 is 15.9 Å². The Bertz CT molecular complexity index is 324. The van der Waals surface area contributed by atoms with Gasteiger partial charge in [-0.1, -0.05) is 0 Å². The fourth-order valence-corrected chi connectivity index (χ4v) is 2.08. The number of aromatic nitrogens is 1. The van der Waals surface area contributed by atoms with E-state index in [0.717, 1.165) is 23.1 Å². The minimum atomic E-state index is -0.295. The van der Waals surface area contributed by atoms with Crippen LogP contribution in [0.4, 0.5) is 0 Å². The van der Waals surface area contributed by atoms with Gasteiger partial charge in [-0.3, -0.25) is 4.98 Å². The largest absolute Gasteiger partial charge is 0.378 e. The molecule has 0 saturated carbocycles. The molecule has 0 radical (unpaired) electrons. The van der Waals surface area contributed by atoms with Crippen LogP contribution < -0.4 is 0 Å². The molecule has 1 fully saturated rings. The number of methoxy groups -OCH3 is 1. The van der Waals surface area contributed by atoms with E-state index in [-0.39, 0.29) is 5.60 Å². The van der Waals surface area contributed by atoms with Gasteiger partial charge in [0.25, 0.3) is 0 Å². The summed E-state index contributed by atoms with van der Waals surface area (Å²) < 4.78 is 11.9. The monoisotopic (exact) mass is 257 g/mol. The van der Waals surface area contributed by atoms with Gasteiger partial charge in [0.05, 0.1) is 6.61 Å². The molecular formula is C10H12BrNO2. The Labute approximate surface area is 91.6 Å². The molecule has 0 amide bonds. The van der Waals surface area contributed by atoms with Crippen molar-refractivity contribution in [2.24, 2.45) is 0 Å². The maximum atomic E-state index is 5.55. The zero-order valence-corrected chi connectivity index (χ0v) is 9.58. The second-order valence-corrected chi connectivity index (χ2v) is 4.31. The topological polar surface area (TPSA) is 31.4 Å². The molecule has 1 saturated heterocycles. The van der Waals surface area contributed by atoms with Gasteiger partial charge in [-0.2, -0.15) is 0 Å². The van der Waals surface area contributed by atoms with Crippen LogP contribution in [-0.2, 0) is 15.1 Å². The molecule has 1 aromatic heterocycles. The van der Waals surface area contributed by atoms with Gasteiger partial charge in [0.2, 0.25) is 0 Å². The van der Waals surface area contributed by atoms with Crippen LogP contribution in [0, 0.1) is 0 Å². The predicted octanol–water partition coefficient (Wildman–Crippen LogP) is 2.11. The van der Waals surface area contributed by atoms with Crippen LogP contribution in [0.25, 0.3) is 0 Å². The number of hydrogen-bond acceptors (Lipinski definition) is 3. The van der Waals surface area contributed by atoms with E-state index in [1.165, 1.54) is 0 Å². The highest BCUT2D eigenvalue weighted by Gasteiger charge is 2.37. The Morgan fingerprint density at radius 1 is 1.57 bits per heavy atom. The highest BCUT2D eigenvalue weighted by atomic mass is 79.9. The van der Waals surface area contributed by atoms with Gasteiger partial charge in [0.1, 0.15) is 5.60 Å². The SMILES string of the molecule is COC1(c2cncc(Br)c2)CCOC1. The van der Waals surface area contributed by atoms with Crippen molar-refractivity contribution in [1.29, 1.82) is 0 Å². The first-order valence-electron chi connectivity index (χ1n) is 4.51. The lowest BCUT2D eigenvalue weighted by molar-refractivity contribution is -0.0216. The van der Waals surface area contributed by atoms with Crippen molar-refractivity contribution in [2.75, 3.05) is 20.3 Å². The molecule has 0 spiro atoms. The molecule has 0 bridgehead atoms. The van der Waals surface area contributed by atoms with Crippen molar-refractivity contribution < 1.29 is 9.47 Å². The normalized spacial score (nSPS) is 26.7. The Morgan fingerprint density at radius 3 is 3.00 bits per heavy atom. The molecule has 1 aliphatic heterocycles. The Balaban J connectivity index is 2.35. The number of hydrogen-bond donors (Lipinski definition) is 0. The van der Waals surface area contributed by atoms with E-state index >= 15 is 0 Å². The van der Waals surface area contributed by atoms with Crippen LogP contribution in [0.2, 0.25) is 0 Å². The highest BCUT2D eigenvalue weighted by molar-refractivity contribution is 9.10. The fourth-order valence-electron chi connectivity index (χ4n) is 1.71. The first kappa shape index (κ1) is 10.1. The molecular weight excluding hydrogens is 246 g/mol. The molecule has 1 aliphatic rings. The zero-order valence-electron chi connectivity index (χ0n) is 8.00. The van der Waals surface area contributed by atoms with Gasteiger partial charge in [-0.15, -0.1) is 0 Å². The van der Waals surface area contributed by atoms with Crippen LogP contribution in [0.3, 0.4) is 0 Å². The molecule has 76 valence electrons. The molecule has 0 N–H and O–H groups in total. The van der Waals surface area contributed by atoms with Crippen molar-refractivity contribution >= 4 is 15.9 Å². The van der Waals surface area contributed by atoms with E-state index in [1.807, 2.05) is 12.3 Å². The maximum Gasteiger partial charge on any atom is 0.120 e. The molecule has 14 heavy (non-hydrogen) atoms. The summed E-state index contributed by atoms with van der Waals surface area (Å²) in [5.41, 5.74) is 0.781. The van der Waals surface area contributed by atoms with E-state index in [4.69, 9.17) is 9.47 Å². The number of ether oxygens (including phenoxy) is 2. The van der Waals surface area contributed by atoms with Gasteiger partial charge in [-0.25, -0.2) is 0 Å². The summed E-state index contributed by atoms with van der Waals surface area (Å²) in [7, 11) is 1.72. The first-order chi connectivity index (χ1) is 6.77. The Kier molecular flexibility index (Phi) is 2.85. The minimum Gasteiger partial charge on any atom is -0.378 e. The number of nitrogens with zero attached hydrogens (tertiary/aromatic N) is 1. The molecule has 1 atom stereocenters. The Morgan fingerprint density at radius 2 is 2.43 bits per heavy atom. The highest BCUT2D eigenvalue weighted by Crippen LogP contribution is 2.34. The molecule has 2 rings (SSSR count). The van der Waals surface area contributed by atoms with Crippen molar-refractivity contribution in [3.05, 3.63) is 28.5 Å². The molecule has 3 nitrogen and oxygen atoms in total. The predicted molar refractivity (Wildman–Crippen MR) is 56.1 cm³/mol. The summed E-state index contributed by atoms with van der Waals surface area (Å²) in [5, 5.41) is 0. The maximum absolute atomic E-state index is 5.55. The summed E-state index contributed by atoms with van der Waals surface area (Å²) in [4.78, 5) is 4.14. The number of halogens is 1. The summed E-state index contributed by atoms with van der Waals surface area (Å²) >= 11 is 3.40. The van der Waals surface area contributed by atoms with Gasteiger partial charge in [0, 0.05) is 42.6 Å². The smallest absolute Gasteiger partial charge is 0.120 e. The third kappa shape index (κ3) is 1.69.